The molecule has 0 radical (unpaired) electrons. The monoisotopic (exact) mass is 238 g/mol. The van der Waals surface area contributed by atoms with Crippen LogP contribution in [0.25, 0.3) is 0 Å². The summed E-state index contributed by atoms with van der Waals surface area (Å²) >= 11 is 0. The zero-order valence-electron chi connectivity index (χ0n) is 11.0. The topological polar surface area (TPSA) is 49.4 Å². The number of carbonyl (C=O) groups is 2. The van der Waals surface area contributed by atoms with E-state index in [0.29, 0.717) is 18.9 Å². The van der Waals surface area contributed by atoms with Gasteiger partial charge in [-0.15, -0.1) is 0 Å². The fourth-order valence-electron chi connectivity index (χ4n) is 2.59. The summed E-state index contributed by atoms with van der Waals surface area (Å²) < 4.78 is 0. The molecule has 2 rings (SSSR count). The molecule has 0 bridgehead atoms. The molecule has 4 heteroatoms. The summed E-state index contributed by atoms with van der Waals surface area (Å²) in [7, 11) is 0. The predicted octanol–water partition coefficient (Wildman–Crippen LogP) is 1.30. The van der Waals surface area contributed by atoms with Crippen molar-refractivity contribution in [2.75, 3.05) is 6.54 Å². The fourth-order valence-corrected chi connectivity index (χ4v) is 2.59. The molecule has 2 amide bonds. The summed E-state index contributed by atoms with van der Waals surface area (Å²) in [6.45, 7) is 6.52. The van der Waals surface area contributed by atoms with E-state index in [2.05, 4.69) is 5.32 Å². The molecule has 0 spiro atoms. The van der Waals surface area contributed by atoms with Crippen LogP contribution in [0, 0.1) is 5.92 Å². The highest BCUT2D eigenvalue weighted by atomic mass is 16.2. The Morgan fingerprint density at radius 1 is 1.35 bits per heavy atom. The van der Waals surface area contributed by atoms with Crippen molar-refractivity contribution in [3.63, 3.8) is 0 Å². The van der Waals surface area contributed by atoms with Crippen LogP contribution in [0.1, 0.15) is 46.5 Å². The first-order valence-electron chi connectivity index (χ1n) is 6.66. The quantitative estimate of drug-likeness (QED) is 0.802. The van der Waals surface area contributed by atoms with Crippen LogP contribution in [0.2, 0.25) is 0 Å². The molecule has 2 fully saturated rings. The van der Waals surface area contributed by atoms with E-state index in [0.717, 1.165) is 19.3 Å². The number of hydrogen-bond acceptors (Lipinski definition) is 2. The Labute approximate surface area is 103 Å². The highest BCUT2D eigenvalue weighted by Crippen LogP contribution is 2.38. The van der Waals surface area contributed by atoms with Gasteiger partial charge in [0.25, 0.3) is 0 Å². The summed E-state index contributed by atoms with van der Waals surface area (Å²) in [6.07, 6.45) is 3.71. The van der Waals surface area contributed by atoms with Crippen LogP contribution in [-0.4, -0.2) is 34.8 Å². The van der Waals surface area contributed by atoms with E-state index >= 15 is 0 Å². The third-order valence-electron chi connectivity index (χ3n) is 3.98. The lowest BCUT2D eigenvalue weighted by Crippen LogP contribution is -2.69. The largest absolute Gasteiger partial charge is 0.340 e. The second kappa shape index (κ2) is 4.31. The van der Waals surface area contributed by atoms with Crippen LogP contribution in [0.4, 0.5) is 0 Å². The Morgan fingerprint density at radius 2 is 2.00 bits per heavy atom. The Bertz CT molecular complexity index is 338. The maximum Gasteiger partial charge on any atom is 0.248 e. The lowest BCUT2D eigenvalue weighted by Gasteiger charge is -2.44. The maximum absolute atomic E-state index is 12.5. The van der Waals surface area contributed by atoms with Crippen molar-refractivity contribution in [1.29, 1.82) is 0 Å². The Morgan fingerprint density at radius 3 is 2.47 bits per heavy atom. The molecule has 2 aliphatic rings. The zero-order valence-corrected chi connectivity index (χ0v) is 11.0. The highest BCUT2D eigenvalue weighted by Gasteiger charge is 2.51. The molecule has 17 heavy (non-hydrogen) atoms. The van der Waals surface area contributed by atoms with Gasteiger partial charge in [-0.3, -0.25) is 9.59 Å². The molecule has 0 aromatic heterocycles. The van der Waals surface area contributed by atoms with Gasteiger partial charge in [-0.1, -0.05) is 13.8 Å². The standard InChI is InChI=1S/C13H22N2O2/c1-4-8-15-10(9-6-7-9)11(16)14-13(3,5-2)12(15)17/h9-10H,4-8H2,1-3H3,(H,14,16). The normalized spacial score (nSPS) is 33.8. The second-order valence-corrected chi connectivity index (χ2v) is 5.46. The first-order valence-corrected chi connectivity index (χ1v) is 6.66. The third-order valence-corrected chi connectivity index (χ3v) is 3.98. The summed E-state index contributed by atoms with van der Waals surface area (Å²) in [6, 6.07) is -0.206. The van der Waals surface area contributed by atoms with Gasteiger partial charge >= 0.3 is 0 Å². The third kappa shape index (κ3) is 2.05. The number of nitrogens with zero attached hydrogens (tertiary/aromatic N) is 1. The molecule has 4 nitrogen and oxygen atoms in total. The van der Waals surface area contributed by atoms with Gasteiger partial charge in [0.15, 0.2) is 0 Å². The average molecular weight is 238 g/mol. The lowest BCUT2D eigenvalue weighted by atomic mass is 9.90. The average Bonchev–Trinajstić information content (AvgIpc) is 3.10. The molecule has 1 N–H and O–H groups in total. The molecular formula is C13H22N2O2. The van der Waals surface area contributed by atoms with E-state index in [1.54, 1.807) is 0 Å². The molecule has 1 saturated carbocycles. The van der Waals surface area contributed by atoms with Crippen LogP contribution in [0.15, 0.2) is 0 Å². The lowest BCUT2D eigenvalue weighted by molar-refractivity contribution is -0.155. The van der Waals surface area contributed by atoms with Crippen molar-refractivity contribution in [2.45, 2.75) is 58.0 Å². The van der Waals surface area contributed by atoms with Gasteiger partial charge in [0.1, 0.15) is 11.6 Å². The molecule has 1 aliphatic carbocycles. The maximum atomic E-state index is 12.5. The minimum atomic E-state index is -0.697. The molecule has 96 valence electrons. The van der Waals surface area contributed by atoms with Crippen molar-refractivity contribution >= 4 is 11.8 Å². The Hall–Kier alpha value is -1.06. The van der Waals surface area contributed by atoms with Crippen molar-refractivity contribution in [2.24, 2.45) is 5.92 Å². The molecule has 0 aromatic rings. The minimum Gasteiger partial charge on any atom is -0.340 e. The molecule has 1 aliphatic heterocycles. The van der Waals surface area contributed by atoms with Gasteiger partial charge < -0.3 is 10.2 Å². The SMILES string of the molecule is CCCN1C(=O)C(C)(CC)NC(=O)C1C1CC1. The van der Waals surface area contributed by atoms with E-state index in [-0.39, 0.29) is 17.9 Å². The first kappa shape index (κ1) is 12.4. The molecule has 2 atom stereocenters. The predicted molar refractivity (Wildman–Crippen MR) is 65.4 cm³/mol. The van der Waals surface area contributed by atoms with Crippen molar-refractivity contribution < 1.29 is 9.59 Å². The number of amides is 2. The number of nitrogens with one attached hydrogen (secondary N) is 1. The summed E-state index contributed by atoms with van der Waals surface area (Å²) in [4.78, 5) is 26.5. The summed E-state index contributed by atoms with van der Waals surface area (Å²) in [5.74, 6) is 0.537. The summed E-state index contributed by atoms with van der Waals surface area (Å²) in [5.41, 5.74) is -0.697. The van der Waals surface area contributed by atoms with Crippen LogP contribution in [-0.2, 0) is 9.59 Å². The minimum absolute atomic E-state index is 0.0462. The zero-order chi connectivity index (χ0) is 12.6. The van der Waals surface area contributed by atoms with Crippen molar-refractivity contribution in [1.82, 2.24) is 10.2 Å². The summed E-state index contributed by atoms with van der Waals surface area (Å²) in [5, 5.41) is 2.92. The molecule has 0 aromatic carbocycles. The van der Waals surface area contributed by atoms with Crippen LogP contribution in [0.3, 0.4) is 0 Å². The van der Waals surface area contributed by atoms with Gasteiger partial charge in [0.05, 0.1) is 0 Å². The smallest absolute Gasteiger partial charge is 0.248 e. The van der Waals surface area contributed by atoms with Gasteiger partial charge in [0.2, 0.25) is 11.8 Å². The van der Waals surface area contributed by atoms with E-state index in [9.17, 15) is 9.59 Å². The molecule has 1 heterocycles. The molecule has 2 unspecified atom stereocenters. The number of rotatable bonds is 4. The van der Waals surface area contributed by atoms with Crippen LogP contribution < -0.4 is 5.32 Å². The molecule has 1 saturated heterocycles. The van der Waals surface area contributed by atoms with Crippen LogP contribution >= 0.6 is 0 Å². The van der Waals surface area contributed by atoms with Gasteiger partial charge in [0, 0.05) is 6.54 Å². The van der Waals surface area contributed by atoms with E-state index in [1.165, 1.54) is 0 Å². The van der Waals surface area contributed by atoms with Gasteiger partial charge in [-0.05, 0) is 38.5 Å². The number of hydrogen-bond donors (Lipinski definition) is 1. The first-order chi connectivity index (χ1) is 8.03. The van der Waals surface area contributed by atoms with Crippen molar-refractivity contribution in [3.05, 3.63) is 0 Å². The fraction of sp³-hybridized carbons (Fsp3) is 0.846. The second-order valence-electron chi connectivity index (χ2n) is 5.46. The number of piperazine rings is 1. The Balaban J connectivity index is 2.25. The van der Waals surface area contributed by atoms with E-state index < -0.39 is 5.54 Å². The Kier molecular flexibility index (Phi) is 3.15. The molecular weight excluding hydrogens is 216 g/mol. The van der Waals surface area contributed by atoms with E-state index in [1.807, 2.05) is 25.7 Å². The van der Waals surface area contributed by atoms with Gasteiger partial charge in [-0.25, -0.2) is 0 Å². The number of carbonyl (C=O) groups excluding carboxylic acids is 2. The van der Waals surface area contributed by atoms with Crippen LogP contribution in [0.5, 0.6) is 0 Å². The highest BCUT2D eigenvalue weighted by molar-refractivity contribution is 5.99. The van der Waals surface area contributed by atoms with Gasteiger partial charge in [-0.2, -0.15) is 0 Å². The van der Waals surface area contributed by atoms with E-state index in [4.69, 9.17) is 0 Å². The van der Waals surface area contributed by atoms with Crippen molar-refractivity contribution in [3.8, 4) is 0 Å².